The van der Waals surface area contributed by atoms with E-state index >= 15 is 0 Å². The van der Waals surface area contributed by atoms with Gasteiger partial charge in [0, 0.05) is 13.0 Å². The van der Waals surface area contributed by atoms with E-state index in [1.54, 1.807) is 5.20 Å². The Hall–Kier alpha value is -0.863. The van der Waals surface area contributed by atoms with Gasteiger partial charge in [0.05, 0.1) is 6.10 Å². The molecule has 128 valence electrons. The molecule has 0 N–H and O–H groups in total. The average Bonchev–Trinajstić information content (AvgIpc) is 2.52. The quantitative estimate of drug-likeness (QED) is 0.679. The minimum absolute atomic E-state index is 0.210. The Morgan fingerprint density at radius 3 is 2.26 bits per heavy atom. The maximum Gasteiger partial charge on any atom is 0.107 e. The first-order valence-corrected chi connectivity index (χ1v) is 12.1. The zero-order valence-electron chi connectivity index (χ0n) is 15.9. The van der Waals surface area contributed by atoms with Crippen molar-refractivity contribution in [1.82, 2.24) is 0 Å². The number of hydrogen-bond donors (Lipinski definition) is 0. The minimum Gasteiger partial charge on any atom is -0.381 e. The lowest BCUT2D eigenvalue weighted by molar-refractivity contribution is 0.0411. The van der Waals surface area contributed by atoms with E-state index in [1.165, 1.54) is 30.9 Å². The molecule has 0 aliphatic heterocycles. The molecular formula is C21H34OSi. The van der Waals surface area contributed by atoms with Crippen molar-refractivity contribution < 1.29 is 4.74 Å². The van der Waals surface area contributed by atoms with E-state index in [1.807, 2.05) is 7.11 Å². The molecule has 0 heterocycles. The van der Waals surface area contributed by atoms with Crippen LogP contribution in [0.1, 0.15) is 46.5 Å². The van der Waals surface area contributed by atoms with Crippen LogP contribution in [-0.4, -0.2) is 21.3 Å². The summed E-state index contributed by atoms with van der Waals surface area (Å²) in [7, 11) is 0.217. The van der Waals surface area contributed by atoms with E-state index in [4.69, 9.17) is 4.74 Å². The summed E-state index contributed by atoms with van der Waals surface area (Å²) < 4.78 is 5.81. The highest BCUT2D eigenvalue weighted by Crippen LogP contribution is 2.37. The first kappa shape index (κ1) is 18.5. The monoisotopic (exact) mass is 330 g/mol. The van der Waals surface area contributed by atoms with E-state index in [0.29, 0.717) is 12.0 Å². The highest BCUT2D eigenvalue weighted by molar-refractivity contribution is 6.95. The summed E-state index contributed by atoms with van der Waals surface area (Å²) in [6.45, 7) is 12.1. The van der Waals surface area contributed by atoms with Crippen LogP contribution in [0.15, 0.2) is 41.6 Å². The van der Waals surface area contributed by atoms with Crippen LogP contribution in [0.2, 0.25) is 13.1 Å². The molecule has 2 rings (SSSR count). The van der Waals surface area contributed by atoms with Crippen LogP contribution in [0.4, 0.5) is 0 Å². The normalized spacial score (nSPS) is 23.8. The fraction of sp³-hybridized carbons (Fsp3) is 0.619. The summed E-state index contributed by atoms with van der Waals surface area (Å²) >= 11 is 0. The smallest absolute Gasteiger partial charge is 0.107 e. The molecule has 1 saturated carbocycles. The van der Waals surface area contributed by atoms with Crippen molar-refractivity contribution in [3.8, 4) is 0 Å². The number of allylic oxidation sites excluding steroid dienone is 1. The molecule has 0 amide bonds. The third kappa shape index (κ3) is 4.36. The lowest BCUT2D eigenvalue weighted by Gasteiger charge is -2.38. The first-order chi connectivity index (χ1) is 10.8. The Kier molecular flexibility index (Phi) is 5.91. The molecule has 0 saturated heterocycles. The van der Waals surface area contributed by atoms with Crippen molar-refractivity contribution in [2.24, 2.45) is 11.3 Å². The Morgan fingerprint density at radius 2 is 1.70 bits per heavy atom. The maximum absolute atomic E-state index is 5.81. The van der Waals surface area contributed by atoms with Crippen LogP contribution in [0.5, 0.6) is 0 Å². The highest BCUT2D eigenvalue weighted by Gasteiger charge is 2.36. The van der Waals surface area contributed by atoms with E-state index < -0.39 is 8.07 Å². The van der Waals surface area contributed by atoms with Gasteiger partial charge in [-0.25, -0.2) is 0 Å². The van der Waals surface area contributed by atoms with Crippen LogP contribution in [0, 0.1) is 11.3 Å². The van der Waals surface area contributed by atoms with Crippen molar-refractivity contribution in [3.05, 3.63) is 41.6 Å². The minimum atomic E-state index is -1.67. The second-order valence-corrected chi connectivity index (χ2v) is 12.9. The van der Waals surface area contributed by atoms with Crippen molar-refractivity contribution in [3.63, 3.8) is 0 Å². The second-order valence-electron chi connectivity index (χ2n) is 8.54. The highest BCUT2D eigenvalue weighted by atomic mass is 28.3. The van der Waals surface area contributed by atoms with Gasteiger partial charge in [0.1, 0.15) is 8.07 Å². The Bertz CT molecular complexity index is 525. The third-order valence-electron chi connectivity index (χ3n) is 5.41. The van der Waals surface area contributed by atoms with Gasteiger partial charge in [-0.2, -0.15) is 0 Å². The fourth-order valence-electron chi connectivity index (χ4n) is 4.23. The summed E-state index contributed by atoms with van der Waals surface area (Å²) in [6.07, 6.45) is 8.16. The number of methoxy groups -OCH3 is 1. The molecule has 1 fully saturated rings. The molecule has 0 aromatic heterocycles. The lowest BCUT2D eigenvalue weighted by Crippen LogP contribution is -2.48. The van der Waals surface area contributed by atoms with E-state index in [9.17, 15) is 0 Å². The lowest BCUT2D eigenvalue weighted by atomic mass is 9.84. The van der Waals surface area contributed by atoms with Crippen LogP contribution < -0.4 is 5.19 Å². The molecular weight excluding hydrogens is 296 g/mol. The largest absolute Gasteiger partial charge is 0.381 e. The third-order valence-corrected chi connectivity index (χ3v) is 9.45. The molecule has 1 nitrogen and oxygen atoms in total. The number of hydrogen-bond acceptors (Lipinski definition) is 1. The molecule has 0 spiro atoms. The van der Waals surface area contributed by atoms with Crippen LogP contribution >= 0.6 is 0 Å². The van der Waals surface area contributed by atoms with Crippen LogP contribution in [-0.2, 0) is 4.74 Å². The van der Waals surface area contributed by atoms with Gasteiger partial charge >= 0.3 is 0 Å². The van der Waals surface area contributed by atoms with Crippen LogP contribution in [0.25, 0.3) is 0 Å². The van der Waals surface area contributed by atoms with Gasteiger partial charge in [0.2, 0.25) is 0 Å². The van der Waals surface area contributed by atoms with Gasteiger partial charge in [-0.15, -0.1) is 0 Å². The number of ether oxygens (including phenoxy) is 1. The molecule has 23 heavy (non-hydrogen) atoms. The molecule has 1 aromatic carbocycles. The van der Waals surface area contributed by atoms with Crippen molar-refractivity contribution in [2.45, 2.75) is 65.7 Å². The molecule has 2 atom stereocenters. The van der Waals surface area contributed by atoms with Gasteiger partial charge < -0.3 is 4.74 Å². The molecule has 1 aromatic rings. The van der Waals surface area contributed by atoms with Crippen molar-refractivity contribution in [2.75, 3.05) is 7.11 Å². The zero-order chi connectivity index (χ0) is 17.1. The molecule has 0 unspecified atom stereocenters. The Morgan fingerprint density at radius 1 is 1.09 bits per heavy atom. The van der Waals surface area contributed by atoms with Crippen LogP contribution in [0.3, 0.4) is 0 Å². The topological polar surface area (TPSA) is 9.23 Å². The van der Waals surface area contributed by atoms with Gasteiger partial charge in [-0.1, -0.05) is 93.5 Å². The maximum atomic E-state index is 5.81. The SMILES string of the molecule is CO[C@@H]1CCCC[C@H]1/C=C(\C(C)(C)C)[Si](C)(C)c1ccccc1. The van der Waals surface area contributed by atoms with E-state index in [2.05, 4.69) is 70.3 Å². The molecule has 0 radical (unpaired) electrons. The summed E-state index contributed by atoms with van der Waals surface area (Å²) in [6, 6.07) is 11.1. The average molecular weight is 331 g/mol. The van der Waals surface area contributed by atoms with Crippen molar-refractivity contribution >= 4 is 13.3 Å². The molecule has 0 bridgehead atoms. The first-order valence-electron chi connectivity index (χ1n) is 9.08. The van der Waals surface area contributed by atoms with Crippen molar-refractivity contribution in [1.29, 1.82) is 0 Å². The van der Waals surface area contributed by atoms with Gasteiger partial charge in [-0.05, 0) is 18.3 Å². The fourth-order valence-corrected chi connectivity index (χ4v) is 8.07. The number of rotatable bonds is 4. The summed E-state index contributed by atoms with van der Waals surface area (Å²) in [4.78, 5) is 0. The van der Waals surface area contributed by atoms with Gasteiger partial charge in [0.25, 0.3) is 0 Å². The second kappa shape index (κ2) is 7.35. The predicted molar refractivity (Wildman–Crippen MR) is 104 cm³/mol. The van der Waals surface area contributed by atoms with E-state index in [0.717, 1.165) is 0 Å². The standard InChI is InChI=1S/C21H34OSi/c1-21(2,3)20(16-17-12-10-11-15-19(17)22-4)23(5,6)18-13-8-7-9-14-18/h7-9,13-14,16-17,19H,10-12,15H2,1-6H3/b20-16+/t17-,19+/m0/s1. The predicted octanol–water partition coefficient (Wildman–Crippen LogP) is 5.32. The molecule has 1 aliphatic rings. The Labute approximate surface area is 144 Å². The van der Waals surface area contributed by atoms with Gasteiger partial charge in [-0.3, -0.25) is 0 Å². The summed E-state index contributed by atoms with van der Waals surface area (Å²) in [5.41, 5.74) is 0.210. The van der Waals surface area contributed by atoms with Gasteiger partial charge in [0.15, 0.2) is 0 Å². The zero-order valence-corrected chi connectivity index (χ0v) is 16.9. The van der Waals surface area contributed by atoms with E-state index in [-0.39, 0.29) is 5.41 Å². The number of benzene rings is 1. The summed E-state index contributed by atoms with van der Waals surface area (Å²) in [5.74, 6) is 0.582. The molecule has 1 aliphatic carbocycles. The summed E-state index contributed by atoms with van der Waals surface area (Å²) in [5, 5.41) is 3.20. The molecule has 2 heteroatoms. The Balaban J connectivity index is 2.43.